The molecule has 17 heavy (non-hydrogen) atoms. The summed E-state index contributed by atoms with van der Waals surface area (Å²) in [5.74, 6) is 0. The summed E-state index contributed by atoms with van der Waals surface area (Å²) in [5.41, 5.74) is 1.36. The minimum Gasteiger partial charge on any atom is -0.396 e. The Kier molecular flexibility index (Phi) is 6.97. The van der Waals surface area contributed by atoms with E-state index in [4.69, 9.17) is 5.11 Å². The van der Waals surface area contributed by atoms with Crippen LogP contribution in [0.3, 0.4) is 0 Å². The highest BCUT2D eigenvalue weighted by molar-refractivity contribution is 5.14. The molecule has 1 heterocycles. The molecule has 0 amide bonds. The van der Waals surface area contributed by atoms with Crippen LogP contribution in [-0.2, 0) is 6.54 Å². The number of aromatic nitrogens is 1. The average molecular weight is 238 g/mol. The molecule has 0 saturated heterocycles. The maximum atomic E-state index is 8.71. The van der Waals surface area contributed by atoms with E-state index in [0.29, 0.717) is 12.6 Å². The molecule has 98 valence electrons. The SMILES string of the molecule is CCCNC(C)c1ccn(CCCCCO)c1. The largest absolute Gasteiger partial charge is 0.396 e. The van der Waals surface area contributed by atoms with Crippen LogP contribution in [0.1, 0.15) is 51.1 Å². The van der Waals surface area contributed by atoms with Gasteiger partial charge in [0, 0.05) is 31.6 Å². The fourth-order valence-corrected chi connectivity index (χ4v) is 1.92. The van der Waals surface area contributed by atoms with Crippen LogP contribution in [0.2, 0.25) is 0 Å². The van der Waals surface area contributed by atoms with Crippen LogP contribution in [0.5, 0.6) is 0 Å². The Hall–Kier alpha value is -0.800. The van der Waals surface area contributed by atoms with E-state index >= 15 is 0 Å². The lowest BCUT2D eigenvalue weighted by atomic mass is 10.2. The lowest BCUT2D eigenvalue weighted by Gasteiger charge is -2.11. The zero-order chi connectivity index (χ0) is 12.5. The summed E-state index contributed by atoms with van der Waals surface area (Å²) >= 11 is 0. The molecule has 3 heteroatoms. The van der Waals surface area contributed by atoms with Gasteiger partial charge in [0.05, 0.1) is 0 Å². The van der Waals surface area contributed by atoms with Crippen molar-refractivity contribution in [1.82, 2.24) is 9.88 Å². The zero-order valence-electron chi connectivity index (χ0n) is 11.2. The maximum Gasteiger partial charge on any atom is 0.0431 e. The van der Waals surface area contributed by atoms with E-state index in [9.17, 15) is 0 Å². The predicted molar refractivity (Wildman–Crippen MR) is 72.1 cm³/mol. The molecule has 3 nitrogen and oxygen atoms in total. The van der Waals surface area contributed by atoms with Crippen molar-refractivity contribution in [3.63, 3.8) is 0 Å². The fraction of sp³-hybridized carbons (Fsp3) is 0.714. The molecule has 1 rings (SSSR count). The Morgan fingerprint density at radius 3 is 2.88 bits per heavy atom. The van der Waals surface area contributed by atoms with Crippen molar-refractivity contribution in [2.45, 2.75) is 52.1 Å². The summed E-state index contributed by atoms with van der Waals surface area (Å²) < 4.78 is 2.25. The molecule has 0 spiro atoms. The quantitative estimate of drug-likeness (QED) is 0.649. The second kappa shape index (κ2) is 8.31. The number of rotatable bonds is 9. The van der Waals surface area contributed by atoms with E-state index in [1.165, 1.54) is 12.0 Å². The van der Waals surface area contributed by atoms with E-state index in [0.717, 1.165) is 32.4 Å². The minimum atomic E-state index is 0.314. The predicted octanol–water partition coefficient (Wildman–Crippen LogP) is 2.71. The van der Waals surface area contributed by atoms with Crippen LogP contribution in [0, 0.1) is 0 Å². The molecule has 0 aromatic carbocycles. The number of aliphatic hydroxyl groups excluding tert-OH is 1. The highest BCUT2D eigenvalue weighted by Crippen LogP contribution is 2.13. The monoisotopic (exact) mass is 238 g/mol. The molecule has 0 bridgehead atoms. The van der Waals surface area contributed by atoms with Gasteiger partial charge in [0.1, 0.15) is 0 Å². The van der Waals surface area contributed by atoms with Gasteiger partial charge in [-0.2, -0.15) is 0 Å². The Bertz CT molecular complexity index is 296. The highest BCUT2D eigenvalue weighted by atomic mass is 16.2. The highest BCUT2D eigenvalue weighted by Gasteiger charge is 2.05. The van der Waals surface area contributed by atoms with Gasteiger partial charge in [0.15, 0.2) is 0 Å². The molecule has 1 aromatic rings. The molecule has 0 aliphatic rings. The van der Waals surface area contributed by atoms with Crippen molar-refractivity contribution in [3.05, 3.63) is 24.0 Å². The lowest BCUT2D eigenvalue weighted by molar-refractivity contribution is 0.282. The van der Waals surface area contributed by atoms with Gasteiger partial charge in [0.25, 0.3) is 0 Å². The number of unbranched alkanes of at least 4 members (excludes halogenated alkanes) is 2. The molecule has 1 unspecified atom stereocenters. The van der Waals surface area contributed by atoms with Crippen LogP contribution in [0.25, 0.3) is 0 Å². The van der Waals surface area contributed by atoms with Gasteiger partial charge in [-0.1, -0.05) is 6.92 Å². The van der Waals surface area contributed by atoms with Gasteiger partial charge in [-0.3, -0.25) is 0 Å². The van der Waals surface area contributed by atoms with Crippen molar-refractivity contribution in [2.75, 3.05) is 13.2 Å². The Balaban J connectivity index is 2.31. The molecule has 1 aromatic heterocycles. The number of hydrogen-bond donors (Lipinski definition) is 2. The first-order chi connectivity index (χ1) is 8.27. The molecular weight excluding hydrogens is 212 g/mol. The molecule has 0 radical (unpaired) electrons. The van der Waals surface area contributed by atoms with Crippen molar-refractivity contribution >= 4 is 0 Å². The van der Waals surface area contributed by atoms with Crippen LogP contribution >= 0.6 is 0 Å². The normalized spacial score (nSPS) is 12.9. The van der Waals surface area contributed by atoms with Gasteiger partial charge < -0.3 is 15.0 Å². The molecule has 0 aliphatic heterocycles. The maximum absolute atomic E-state index is 8.71. The summed E-state index contributed by atoms with van der Waals surface area (Å²) in [6.45, 7) is 6.84. The van der Waals surface area contributed by atoms with Crippen LogP contribution in [0.15, 0.2) is 18.5 Å². The molecule has 0 fully saturated rings. The first-order valence-electron chi connectivity index (χ1n) is 6.77. The first kappa shape index (κ1) is 14.3. The minimum absolute atomic E-state index is 0.314. The number of aliphatic hydroxyl groups is 1. The van der Waals surface area contributed by atoms with Crippen LogP contribution in [0.4, 0.5) is 0 Å². The summed E-state index contributed by atoms with van der Waals surface area (Å²) in [4.78, 5) is 0. The second-order valence-corrected chi connectivity index (χ2v) is 4.64. The van der Waals surface area contributed by atoms with Gasteiger partial charge in [-0.05, 0) is 50.8 Å². The van der Waals surface area contributed by atoms with Crippen molar-refractivity contribution in [3.8, 4) is 0 Å². The number of hydrogen-bond acceptors (Lipinski definition) is 2. The molecule has 1 atom stereocenters. The topological polar surface area (TPSA) is 37.2 Å². The van der Waals surface area contributed by atoms with E-state index < -0.39 is 0 Å². The fourth-order valence-electron chi connectivity index (χ4n) is 1.92. The van der Waals surface area contributed by atoms with E-state index in [1.807, 2.05) is 0 Å². The van der Waals surface area contributed by atoms with Crippen LogP contribution < -0.4 is 5.32 Å². The Labute approximate surface area is 105 Å². The van der Waals surface area contributed by atoms with Crippen molar-refractivity contribution in [2.24, 2.45) is 0 Å². The van der Waals surface area contributed by atoms with Gasteiger partial charge in [0.2, 0.25) is 0 Å². The third-order valence-corrected chi connectivity index (χ3v) is 3.05. The Morgan fingerprint density at radius 1 is 1.35 bits per heavy atom. The summed E-state index contributed by atoms with van der Waals surface area (Å²) in [5, 5.41) is 12.2. The molecule has 0 saturated carbocycles. The van der Waals surface area contributed by atoms with Gasteiger partial charge >= 0.3 is 0 Å². The number of nitrogens with one attached hydrogen (secondary N) is 1. The lowest BCUT2D eigenvalue weighted by Crippen LogP contribution is -2.18. The first-order valence-corrected chi connectivity index (χ1v) is 6.77. The second-order valence-electron chi connectivity index (χ2n) is 4.64. The van der Waals surface area contributed by atoms with Gasteiger partial charge in [-0.15, -0.1) is 0 Å². The van der Waals surface area contributed by atoms with E-state index in [1.54, 1.807) is 0 Å². The average Bonchev–Trinajstić information content (AvgIpc) is 2.80. The third-order valence-electron chi connectivity index (χ3n) is 3.05. The Morgan fingerprint density at radius 2 is 2.18 bits per heavy atom. The number of nitrogens with zero attached hydrogens (tertiary/aromatic N) is 1. The summed E-state index contributed by atoms with van der Waals surface area (Å²) in [7, 11) is 0. The number of aryl methyl sites for hydroxylation is 1. The third kappa shape index (κ3) is 5.37. The smallest absolute Gasteiger partial charge is 0.0431 e. The molecule has 0 aliphatic carbocycles. The van der Waals surface area contributed by atoms with Crippen molar-refractivity contribution < 1.29 is 5.11 Å². The van der Waals surface area contributed by atoms with E-state index in [2.05, 4.69) is 42.2 Å². The molecular formula is C14H26N2O. The summed E-state index contributed by atoms with van der Waals surface area (Å²) in [6.07, 6.45) is 8.72. The summed E-state index contributed by atoms with van der Waals surface area (Å²) in [6, 6.07) is 2.63. The van der Waals surface area contributed by atoms with Gasteiger partial charge in [-0.25, -0.2) is 0 Å². The van der Waals surface area contributed by atoms with Crippen LogP contribution in [-0.4, -0.2) is 22.8 Å². The van der Waals surface area contributed by atoms with E-state index in [-0.39, 0.29) is 0 Å². The van der Waals surface area contributed by atoms with Crippen molar-refractivity contribution in [1.29, 1.82) is 0 Å². The zero-order valence-corrected chi connectivity index (χ0v) is 11.2. The standard InChI is InChI=1S/C14H26N2O/c1-3-8-15-13(2)14-7-10-16(12-14)9-5-4-6-11-17/h7,10,12-13,15,17H,3-6,8-9,11H2,1-2H3. The molecule has 2 N–H and O–H groups in total.